The molecule has 3 amide bonds. The van der Waals surface area contributed by atoms with Crippen LogP contribution >= 0.6 is 0 Å². The molecule has 12 N–H and O–H groups in total. The number of aliphatic hydroxyl groups is 1. The third-order valence-electron chi connectivity index (χ3n) is 20.2. The molecule has 0 spiro atoms. The Kier molecular flexibility index (Phi) is 27.3. The molecule has 1 heterocycles. The minimum atomic E-state index is -1.40. The molecule has 30 heteroatoms. The average Bonchev–Trinajstić information content (AvgIpc) is 1.70. The van der Waals surface area contributed by atoms with E-state index in [2.05, 4.69) is 31.4 Å². The minimum Gasteiger partial charge on any atom is -0.481 e. The number of carbonyl (C=O) groups is 12. The predicted octanol–water partition coefficient (Wildman–Crippen LogP) is 1.37. The first-order chi connectivity index (χ1) is 41.8. The van der Waals surface area contributed by atoms with Gasteiger partial charge in [0.2, 0.25) is 11.8 Å². The number of amides is 3. The monoisotopic (exact) mass is 1270 g/mol. The largest absolute Gasteiger partial charge is 0.481 e. The number of carboxylic acids is 9. The summed E-state index contributed by atoms with van der Waals surface area (Å²) >= 11 is 0. The molecule has 14 atom stereocenters. The second kappa shape index (κ2) is 33.3. The summed E-state index contributed by atoms with van der Waals surface area (Å²) in [7, 11) is 0. The number of hydrogen-bond donors (Lipinski definition) is 12. The Hall–Kier alpha value is -6.76. The third-order valence-corrected chi connectivity index (χ3v) is 20.2. The van der Waals surface area contributed by atoms with Crippen LogP contribution in [0.2, 0.25) is 0 Å². The van der Waals surface area contributed by atoms with Crippen molar-refractivity contribution in [1.29, 1.82) is 0 Å². The number of nitrogens with zero attached hydrogens (tertiary/aromatic N) is 5. The van der Waals surface area contributed by atoms with Crippen molar-refractivity contribution < 1.29 is 113 Å². The van der Waals surface area contributed by atoms with Crippen LogP contribution in [0.3, 0.4) is 0 Å². The zero-order valence-electron chi connectivity index (χ0n) is 51.2. The molecular weight excluding hydrogens is 1170 g/mol. The fourth-order valence-electron chi connectivity index (χ4n) is 15.8. The summed E-state index contributed by atoms with van der Waals surface area (Å²) in [5.74, 6) is -13.8. The molecule has 5 aliphatic rings. The van der Waals surface area contributed by atoms with Crippen molar-refractivity contribution in [3.63, 3.8) is 0 Å². The Bertz CT molecular complexity index is 2400. The molecular formula is C59H93N7O23. The lowest BCUT2D eigenvalue weighted by Gasteiger charge is -2.62. The van der Waals surface area contributed by atoms with Gasteiger partial charge in [0.1, 0.15) is 18.2 Å². The van der Waals surface area contributed by atoms with E-state index in [1.807, 2.05) is 0 Å². The molecule has 1 aliphatic heterocycles. The third kappa shape index (κ3) is 20.4. The predicted molar refractivity (Wildman–Crippen MR) is 310 cm³/mol. The van der Waals surface area contributed by atoms with Crippen molar-refractivity contribution >= 4 is 71.6 Å². The number of unbranched alkanes of at least 4 members (excludes halogenated alkanes) is 2. The highest BCUT2D eigenvalue weighted by Crippen LogP contribution is 2.68. The molecule has 0 aromatic carbocycles. The topological polar surface area (TPSA) is 457 Å². The van der Waals surface area contributed by atoms with Crippen molar-refractivity contribution in [3.8, 4) is 0 Å². The van der Waals surface area contributed by atoms with E-state index in [1.54, 1.807) is 0 Å². The fraction of sp³-hybridized carbons (Fsp3) is 0.797. The lowest BCUT2D eigenvalue weighted by atomic mass is 9.43. The van der Waals surface area contributed by atoms with Crippen LogP contribution in [0.4, 0.5) is 4.79 Å². The van der Waals surface area contributed by atoms with Gasteiger partial charge in [-0.05, 0) is 143 Å². The lowest BCUT2D eigenvalue weighted by Crippen LogP contribution is -2.59. The van der Waals surface area contributed by atoms with Gasteiger partial charge in [-0.3, -0.25) is 72.3 Å². The Morgan fingerprint density at radius 3 is 1.43 bits per heavy atom. The van der Waals surface area contributed by atoms with E-state index in [1.165, 1.54) is 4.90 Å². The molecule has 0 aromatic heterocycles. The average molecular weight is 1270 g/mol. The van der Waals surface area contributed by atoms with Gasteiger partial charge in [0.05, 0.1) is 57.2 Å². The van der Waals surface area contributed by atoms with Gasteiger partial charge in [0.15, 0.2) is 0 Å². The van der Waals surface area contributed by atoms with Gasteiger partial charge in [-0.25, -0.2) is 4.79 Å². The molecule has 0 bridgehead atoms. The van der Waals surface area contributed by atoms with Crippen molar-refractivity contribution in [1.82, 2.24) is 35.1 Å². The number of hydrogen-bond acceptors (Lipinski definition) is 18. The van der Waals surface area contributed by atoms with Gasteiger partial charge in [-0.1, -0.05) is 20.8 Å². The highest BCUT2D eigenvalue weighted by atomic mass is 16.6. The molecule has 502 valence electrons. The van der Waals surface area contributed by atoms with Crippen molar-refractivity contribution in [2.75, 3.05) is 91.6 Å². The number of fused-ring (bicyclic) bond motifs is 5. The first kappa shape index (κ1) is 73.0. The molecule has 0 radical (unpaired) electrons. The summed E-state index contributed by atoms with van der Waals surface area (Å²) in [6, 6.07) is -2.80. The first-order valence-electron chi connectivity index (χ1n) is 31.0. The second-order valence-electron chi connectivity index (χ2n) is 25.8. The molecule has 0 aromatic rings. The van der Waals surface area contributed by atoms with E-state index in [0.29, 0.717) is 37.5 Å². The molecule has 5 fully saturated rings. The van der Waals surface area contributed by atoms with Crippen LogP contribution in [0.1, 0.15) is 124 Å². The van der Waals surface area contributed by atoms with E-state index in [0.717, 1.165) is 51.7 Å². The van der Waals surface area contributed by atoms with Crippen LogP contribution in [0.5, 0.6) is 0 Å². The summed E-state index contributed by atoms with van der Waals surface area (Å²) in [6.07, 6.45) is 5.51. The number of carbonyl (C=O) groups excluding carboxylic acids is 3. The zero-order valence-corrected chi connectivity index (χ0v) is 51.2. The maximum Gasteiger partial charge on any atom is 0.410 e. The summed E-state index contributed by atoms with van der Waals surface area (Å²) in [5.41, 5.74) is -0.454. The Labute approximate surface area is 516 Å². The minimum absolute atomic E-state index is 0.0429. The van der Waals surface area contributed by atoms with Gasteiger partial charge in [-0.2, -0.15) is 0 Å². The van der Waals surface area contributed by atoms with E-state index in [9.17, 15) is 109 Å². The number of likely N-dealkylation sites (tertiary alicyclic amines) is 1. The van der Waals surface area contributed by atoms with Crippen molar-refractivity contribution in [2.45, 2.75) is 148 Å². The van der Waals surface area contributed by atoms with E-state index < -0.39 is 147 Å². The number of aliphatic hydroxyl groups excluding tert-OH is 1. The van der Waals surface area contributed by atoms with Crippen molar-refractivity contribution in [3.05, 3.63) is 0 Å². The molecule has 5 rings (SSSR count). The zero-order chi connectivity index (χ0) is 66.1. The van der Waals surface area contributed by atoms with Crippen LogP contribution in [0.15, 0.2) is 0 Å². The van der Waals surface area contributed by atoms with Gasteiger partial charge in [-0.15, -0.1) is 0 Å². The second-order valence-corrected chi connectivity index (χ2v) is 25.8. The van der Waals surface area contributed by atoms with Crippen LogP contribution in [-0.4, -0.2) is 263 Å². The summed E-state index contributed by atoms with van der Waals surface area (Å²) in [6.45, 7) is 0.594. The summed E-state index contributed by atoms with van der Waals surface area (Å²) in [4.78, 5) is 153. The number of nitrogens with one attached hydrogen (secondary N) is 2. The molecule has 4 saturated carbocycles. The first-order valence-corrected chi connectivity index (χ1v) is 31.0. The Morgan fingerprint density at radius 1 is 0.539 bits per heavy atom. The van der Waals surface area contributed by atoms with Gasteiger partial charge in [0.25, 0.3) is 0 Å². The Morgan fingerprint density at radius 2 is 1.00 bits per heavy atom. The van der Waals surface area contributed by atoms with Gasteiger partial charge in [0, 0.05) is 58.8 Å². The highest BCUT2D eigenvalue weighted by molar-refractivity contribution is 5.90. The standard InChI is InChI=1S/C59H93N7O23/c1-34(10-15-46(68)69)40-13-14-41-37-12-11-35-24-36(16-17-58(35,2)42(37)25-45(67)59(40,41)3)89-57(88)66-26-38(53(82)60-18-6-4-8-43(55(84)85)64(32-51(78)79)22-20-62(28-47(70)71)29-48(72)73)39(27-66)54(83)61-19-7-5-9-44(56(86)87)65(33-52(80)81)23-21-63(30-49(74)75)31-50(76)77/h34-45,67H,4-33H2,1-3H3,(H,60,82)(H,61,83)(H,68,69)(H,70,71)(H,72,73)(H,74,75)(H,76,77)(H,78,79)(H,80,81)(H,84,85)(H,86,87)/t34-,35+,36+,37+,38-,39+,40-,41+,42+,43?,44?,45-,58+,59-/m1/s1. The number of ether oxygens (including phenoxy) is 1. The van der Waals surface area contributed by atoms with E-state index >= 15 is 0 Å². The summed E-state index contributed by atoms with van der Waals surface area (Å²) < 4.78 is 6.22. The smallest absolute Gasteiger partial charge is 0.410 e. The number of carboxylic acid groups (broad SMARTS) is 9. The van der Waals surface area contributed by atoms with Gasteiger partial charge < -0.3 is 71.3 Å². The van der Waals surface area contributed by atoms with Crippen LogP contribution in [-0.2, 0) is 57.5 Å². The molecule has 2 unspecified atom stereocenters. The maximum atomic E-state index is 14.2. The normalized spacial score (nSPS) is 27.4. The van der Waals surface area contributed by atoms with Crippen LogP contribution in [0, 0.1) is 58.2 Å². The summed E-state index contributed by atoms with van der Waals surface area (Å²) in [5, 5.41) is 103. The van der Waals surface area contributed by atoms with E-state index in [4.69, 9.17) is 4.74 Å². The molecule has 4 aliphatic carbocycles. The molecule has 30 nitrogen and oxygen atoms in total. The fourth-order valence-corrected chi connectivity index (χ4v) is 15.8. The molecule has 89 heavy (non-hydrogen) atoms. The molecule has 1 saturated heterocycles. The van der Waals surface area contributed by atoms with Crippen LogP contribution in [0.25, 0.3) is 0 Å². The number of aliphatic carboxylic acids is 9. The number of rotatable bonds is 39. The highest BCUT2D eigenvalue weighted by Gasteiger charge is 2.64. The van der Waals surface area contributed by atoms with Crippen molar-refractivity contribution in [2.24, 2.45) is 58.2 Å². The lowest BCUT2D eigenvalue weighted by molar-refractivity contribution is -0.175. The van der Waals surface area contributed by atoms with Crippen LogP contribution < -0.4 is 10.6 Å². The van der Waals surface area contributed by atoms with Gasteiger partial charge >= 0.3 is 59.8 Å². The van der Waals surface area contributed by atoms with E-state index in [-0.39, 0.29) is 132 Å². The Balaban J connectivity index is 1.24. The maximum absolute atomic E-state index is 14.2. The SMILES string of the molecule is C[C@H](CCC(=O)O)[C@H]1CC[C@H]2[C@@H]3CC[C@H]4C[C@@H](OC(=O)N5C[C@H](C(=O)NCCCCC(C(=O)O)N(CCN(CC(=O)O)CC(=O)O)CC(=O)O)[C@H](C(=O)NCCCCC(C(=O)O)N(CCN(CC(=O)O)CC(=O)O)CC(=O)O)C5)CC[C@]4(C)[C@H]3C[C@@H](O)[C@]12C. The quantitative estimate of drug-likeness (QED) is 0.0387.